The molecule has 5 amide bonds. The number of hydrogen-bond acceptors (Lipinski definition) is 18. The summed E-state index contributed by atoms with van der Waals surface area (Å²) in [5.41, 5.74) is 4.74. The summed E-state index contributed by atoms with van der Waals surface area (Å²) >= 11 is 12.5. The second kappa shape index (κ2) is 33.3. The van der Waals surface area contributed by atoms with Gasteiger partial charge in [-0.2, -0.15) is 0 Å². The molecule has 5 rings (SSSR count). The van der Waals surface area contributed by atoms with Crippen LogP contribution in [0.4, 0.5) is 10.5 Å². The molecule has 2 aromatic carbocycles. The number of thiocarbonyl (C=S) groups is 1. The minimum absolute atomic E-state index is 0.0186. The van der Waals surface area contributed by atoms with E-state index in [1.165, 1.54) is 66.3 Å². The largest absolute Gasteiger partial charge is 0.496 e. The van der Waals surface area contributed by atoms with Gasteiger partial charge < -0.3 is 74.5 Å². The Kier molecular flexibility index (Phi) is 27.3. The number of primary amides is 1. The van der Waals surface area contributed by atoms with E-state index >= 15 is 0 Å². The number of rotatable bonds is 28. The quantitative estimate of drug-likeness (QED) is 0.0294. The number of carbonyl (C=O) groups excluding carboxylic acids is 8. The van der Waals surface area contributed by atoms with Crippen LogP contribution in [0.1, 0.15) is 115 Å². The van der Waals surface area contributed by atoms with Crippen molar-refractivity contribution < 1.29 is 81.4 Å². The molecule has 0 saturated carbocycles. The van der Waals surface area contributed by atoms with E-state index in [0.717, 1.165) is 16.0 Å². The van der Waals surface area contributed by atoms with Gasteiger partial charge in [-0.05, 0) is 88.3 Å². The van der Waals surface area contributed by atoms with Crippen LogP contribution in [0.3, 0.4) is 0 Å². The van der Waals surface area contributed by atoms with Gasteiger partial charge in [-0.25, -0.2) is 9.59 Å². The summed E-state index contributed by atoms with van der Waals surface area (Å²) < 4.78 is 46.5. The second-order valence-corrected chi connectivity index (χ2v) is 24.3. The number of nitrogens with two attached hydrogens (primary N) is 1. The maximum atomic E-state index is 14.6. The van der Waals surface area contributed by atoms with Gasteiger partial charge in [0.05, 0.1) is 81.9 Å². The van der Waals surface area contributed by atoms with Gasteiger partial charge in [0.2, 0.25) is 11.8 Å². The number of likely N-dealkylation sites (N-methyl/N-ethyl adjacent to an activating group) is 1. The van der Waals surface area contributed by atoms with E-state index in [2.05, 4.69) is 16.0 Å². The Morgan fingerprint density at radius 2 is 1.67 bits per heavy atom. The number of fused-ring (bicyclic) bond motifs is 5. The highest BCUT2D eigenvalue weighted by Gasteiger charge is 2.64. The molecule has 0 unspecified atom stereocenters. The molecule has 3 aliphatic heterocycles. The number of methoxy groups -OCH3 is 3. The van der Waals surface area contributed by atoms with Crippen molar-refractivity contribution in [1.29, 1.82) is 0 Å². The SMILES string of the molecule is COc1cc(CC(=O)[C@H](CCCNC(N)=O)NC(=O)[C@@H](CC(=S)NCCOCCOCCC(C)=O)C(C)C)ccc1C(=O)N(C)[C@@H](C)C(=O)O[C@H]1CC(=O)N(C)c2cc(cc(OC)c2Cl)C/C(C)=C/C=C/[C@@H](OC)[C@]2(O)CC(=O)O[C@@H](C2)[C@@H](C)[C@@H]2O[C@@]12C. The van der Waals surface area contributed by atoms with E-state index in [4.69, 9.17) is 67.4 Å². The zero-order chi connectivity index (χ0) is 65.2. The molecule has 25 heteroatoms. The first kappa shape index (κ1) is 72.2. The lowest BCUT2D eigenvalue weighted by molar-refractivity contribution is -0.187. The van der Waals surface area contributed by atoms with Crippen LogP contribution in [0.25, 0.3) is 0 Å². The number of amides is 5. The molecule has 6 N–H and O–H groups in total. The van der Waals surface area contributed by atoms with Crippen molar-refractivity contribution in [2.75, 3.05) is 79.8 Å². The summed E-state index contributed by atoms with van der Waals surface area (Å²) in [5.74, 6) is -4.41. The van der Waals surface area contributed by atoms with E-state index in [9.17, 15) is 43.5 Å². The summed E-state index contributed by atoms with van der Waals surface area (Å²) in [6.07, 6.45) is 1.88. The highest BCUT2D eigenvalue weighted by Crippen LogP contribution is 2.50. The van der Waals surface area contributed by atoms with Crippen LogP contribution in [-0.4, -0.2) is 185 Å². The molecule has 2 aromatic rings. The zero-order valence-corrected chi connectivity index (χ0v) is 54.2. The molecule has 10 atom stereocenters. The third-order valence-corrected chi connectivity index (χ3v) is 17.0. The van der Waals surface area contributed by atoms with E-state index < -0.39 is 102 Å². The predicted molar refractivity (Wildman–Crippen MR) is 332 cm³/mol. The van der Waals surface area contributed by atoms with Gasteiger partial charge in [0.1, 0.15) is 57.9 Å². The summed E-state index contributed by atoms with van der Waals surface area (Å²) in [5, 5.41) is 20.8. The van der Waals surface area contributed by atoms with Crippen molar-refractivity contribution in [3.05, 3.63) is 75.8 Å². The van der Waals surface area contributed by atoms with Crippen LogP contribution in [0.5, 0.6) is 11.5 Å². The Labute approximate surface area is 526 Å². The van der Waals surface area contributed by atoms with E-state index in [-0.39, 0.29) is 72.5 Å². The molecule has 2 fully saturated rings. The lowest BCUT2D eigenvalue weighted by atomic mass is 9.78. The van der Waals surface area contributed by atoms with Crippen molar-refractivity contribution in [3.63, 3.8) is 0 Å². The number of ether oxygens (including phenoxy) is 8. The highest BCUT2D eigenvalue weighted by atomic mass is 35.5. The molecule has 2 saturated heterocycles. The van der Waals surface area contributed by atoms with Gasteiger partial charge in [0.15, 0.2) is 5.78 Å². The van der Waals surface area contributed by atoms with Crippen LogP contribution in [0.15, 0.2) is 54.1 Å². The Hall–Kier alpha value is -6.54. The first-order valence-electron chi connectivity index (χ1n) is 29.6. The molecule has 23 nitrogen and oxygen atoms in total. The third kappa shape index (κ3) is 20.0. The van der Waals surface area contributed by atoms with Crippen LogP contribution in [0.2, 0.25) is 5.02 Å². The molecule has 3 heterocycles. The maximum absolute atomic E-state index is 14.6. The highest BCUT2D eigenvalue weighted by molar-refractivity contribution is 7.80. The fourth-order valence-electron chi connectivity index (χ4n) is 10.8. The number of carbonyl (C=O) groups is 8. The fraction of sp³-hybridized carbons (Fsp3) is 0.603. The fourth-order valence-corrected chi connectivity index (χ4v) is 11.4. The van der Waals surface area contributed by atoms with Crippen molar-refractivity contribution in [3.8, 4) is 11.5 Å². The van der Waals surface area contributed by atoms with Gasteiger partial charge in [0, 0.05) is 71.8 Å². The summed E-state index contributed by atoms with van der Waals surface area (Å²) in [7, 11) is 7.19. The van der Waals surface area contributed by atoms with Gasteiger partial charge in [-0.15, -0.1) is 0 Å². The topological polar surface area (TPSA) is 303 Å². The molecule has 88 heavy (non-hydrogen) atoms. The number of allylic oxidation sites excluding steroid dienone is 3. The maximum Gasteiger partial charge on any atom is 0.328 e. The van der Waals surface area contributed by atoms with Crippen LogP contribution in [0, 0.1) is 17.8 Å². The first-order chi connectivity index (χ1) is 41.6. The first-order valence-corrected chi connectivity index (χ1v) is 30.4. The number of nitrogens with one attached hydrogen (secondary N) is 3. The van der Waals surface area contributed by atoms with E-state index in [1.807, 2.05) is 26.8 Å². The molecule has 0 aliphatic carbocycles. The molecule has 4 bridgehead atoms. The van der Waals surface area contributed by atoms with Gasteiger partial charge in [0.25, 0.3) is 5.91 Å². The number of anilines is 1. The Morgan fingerprint density at radius 3 is 2.32 bits per heavy atom. The number of benzene rings is 2. The average Bonchev–Trinajstić information content (AvgIpc) is 1.85. The number of halogens is 1. The van der Waals surface area contributed by atoms with Crippen molar-refractivity contribution in [2.45, 2.75) is 154 Å². The Bertz CT molecular complexity index is 2910. The lowest BCUT2D eigenvalue weighted by Gasteiger charge is -2.41. The van der Waals surface area contributed by atoms with Gasteiger partial charge >= 0.3 is 18.0 Å². The molecule has 3 aliphatic rings. The number of aliphatic hydroxyl groups is 1. The van der Waals surface area contributed by atoms with Crippen LogP contribution >= 0.6 is 23.8 Å². The van der Waals surface area contributed by atoms with Crippen LogP contribution in [-0.2, 0) is 70.0 Å². The number of ketones is 2. The molecular formula is C63H89ClN6O17S. The number of Topliss-reactive ketones (excluding diaryl/α,β-unsaturated/α-hetero) is 2. The minimum atomic E-state index is -1.66. The van der Waals surface area contributed by atoms with Gasteiger partial charge in [-0.3, -0.25) is 28.8 Å². The van der Waals surface area contributed by atoms with Crippen LogP contribution < -0.4 is 36.1 Å². The van der Waals surface area contributed by atoms with Gasteiger partial charge in [-0.1, -0.05) is 74.5 Å². The van der Waals surface area contributed by atoms with Crippen molar-refractivity contribution >= 4 is 81.8 Å². The summed E-state index contributed by atoms with van der Waals surface area (Å²) in [4.78, 5) is 110. The molecule has 0 spiro atoms. The molecule has 0 radical (unpaired) electrons. The predicted octanol–water partition coefficient (Wildman–Crippen LogP) is 5.72. The summed E-state index contributed by atoms with van der Waals surface area (Å²) in [6.45, 7) is 13.9. The van der Waals surface area contributed by atoms with Crippen molar-refractivity contribution in [1.82, 2.24) is 20.9 Å². The monoisotopic (exact) mass is 1270 g/mol. The van der Waals surface area contributed by atoms with E-state index in [0.29, 0.717) is 74.2 Å². The number of epoxide rings is 1. The van der Waals surface area contributed by atoms with E-state index in [1.54, 1.807) is 44.2 Å². The molecular weight excluding hydrogens is 1180 g/mol. The Morgan fingerprint density at radius 1 is 0.977 bits per heavy atom. The molecule has 486 valence electrons. The third-order valence-electron chi connectivity index (χ3n) is 16.3. The lowest BCUT2D eigenvalue weighted by Crippen LogP contribution is -2.53. The second-order valence-electron chi connectivity index (χ2n) is 23.4. The Balaban J connectivity index is 1.33. The number of esters is 2. The number of nitrogens with zero attached hydrogens (tertiary/aromatic N) is 2. The van der Waals surface area contributed by atoms with Crippen molar-refractivity contribution in [2.24, 2.45) is 23.5 Å². The minimum Gasteiger partial charge on any atom is -0.496 e. The standard InChI is InChI=1S/C63H89ClN6O17S/c1-36(2)44(32-53(88)66-22-24-84-26-25-83-23-20-38(4)71)58(75)68-45(16-14-21-67-61(65)78)47(72)29-41-18-19-43(48(30-41)80-10)59(76)69(8)40(6)60(77)86-52-33-54(73)70(9)46-28-42(31-49(81-11)56(46)64)27-37(3)15-13-17-51(82-12)63(79)34-50(85-55(74)35-63)39(5)57-62(52,7)87-57/h13,15,17-19,28,30-31,36,39-40,44-45,50-52,57,79H,14,16,20-27,29,32-35H2,1-12H3,(H,66,88)(H,68,75)(H3,65,67,78)/b17-13+,37-15+/t39-,40+,44+,45+,50+,51-,52+,57+,62+,63-/m1/s1. The normalized spacial score (nSPS) is 24.0. The zero-order valence-electron chi connectivity index (χ0n) is 52.7. The molecule has 0 aromatic heterocycles. The number of hydrogen-bond donors (Lipinski definition) is 5. The average molecular weight is 1270 g/mol. The smallest absolute Gasteiger partial charge is 0.328 e. The number of urea groups is 1. The summed E-state index contributed by atoms with van der Waals surface area (Å²) in [6, 6.07) is 5.07.